The zero-order valence-corrected chi connectivity index (χ0v) is 45.1. The number of carbonyl (C=O) groups is 2. The summed E-state index contributed by atoms with van der Waals surface area (Å²) in [5.41, 5.74) is -0.436. The van der Waals surface area contributed by atoms with Gasteiger partial charge in [-0.15, -0.1) is 0 Å². The van der Waals surface area contributed by atoms with Gasteiger partial charge >= 0.3 is 29.8 Å². The largest absolute Gasteiger partial charge is 0.524 e. The first-order valence-electron chi connectivity index (χ1n) is 26.0. The number of rotatable bonds is 39. The smallest absolute Gasteiger partial charge is 0.494 e. The Kier molecular flexibility index (Phi) is 31.7. The third kappa shape index (κ3) is 22.0. The molecule has 16 heteroatoms. The maximum Gasteiger partial charge on any atom is 0.524 e. The number of alkyl carbamates (subject to hydrolysis) is 2. The summed E-state index contributed by atoms with van der Waals surface area (Å²) < 4.78 is 60.3. The fraction of sp³-hybridized carbons (Fsp3) is 0.840. The van der Waals surface area contributed by atoms with E-state index in [0.29, 0.717) is 65.0 Å². The van der Waals surface area contributed by atoms with E-state index in [-0.39, 0.29) is 19.8 Å². The second-order valence-electron chi connectivity index (χ2n) is 17.8. The lowest BCUT2D eigenvalue weighted by Crippen LogP contribution is -2.63. The minimum absolute atomic E-state index is 0.0753. The van der Waals surface area contributed by atoms with Crippen LogP contribution in [0.3, 0.4) is 0 Å². The molecule has 0 spiro atoms. The van der Waals surface area contributed by atoms with E-state index >= 15 is 0 Å². The maximum absolute atomic E-state index is 13.4. The van der Waals surface area contributed by atoms with Gasteiger partial charge in [0.05, 0.1) is 18.6 Å². The molecular formula is C50H94N2O12Si2. The zero-order chi connectivity index (χ0) is 48.5. The van der Waals surface area contributed by atoms with Gasteiger partial charge in [0.2, 0.25) is 0 Å². The van der Waals surface area contributed by atoms with Crippen LogP contribution in [0.2, 0.25) is 0 Å². The van der Waals surface area contributed by atoms with Crippen molar-refractivity contribution in [3.63, 3.8) is 0 Å². The van der Waals surface area contributed by atoms with Crippen LogP contribution in [-0.2, 0) is 40.8 Å². The van der Waals surface area contributed by atoms with Crippen LogP contribution in [0.5, 0.6) is 5.75 Å². The van der Waals surface area contributed by atoms with Gasteiger partial charge in [-0.2, -0.15) is 0 Å². The number of carbonyl (C=O) groups excluding carboxylic acids is 2. The van der Waals surface area contributed by atoms with E-state index in [0.717, 1.165) is 56.8 Å². The lowest BCUT2D eigenvalue weighted by atomic mass is 9.77. The first-order valence-corrected chi connectivity index (χ1v) is 29.6. The summed E-state index contributed by atoms with van der Waals surface area (Å²) in [6.07, 6.45) is 16.9. The molecule has 1 aromatic carbocycles. The Balaban J connectivity index is 1.89. The van der Waals surface area contributed by atoms with E-state index < -0.39 is 46.5 Å². The molecule has 1 aliphatic carbocycles. The van der Waals surface area contributed by atoms with Crippen molar-refractivity contribution in [2.45, 2.75) is 189 Å². The van der Waals surface area contributed by atoms with Crippen LogP contribution in [0.15, 0.2) is 24.3 Å². The minimum atomic E-state index is -3.27. The molecule has 1 saturated carbocycles. The van der Waals surface area contributed by atoms with Crippen molar-refractivity contribution in [1.29, 1.82) is 0 Å². The number of hydrogen-bond acceptors (Lipinski definition) is 12. The van der Waals surface area contributed by atoms with Gasteiger partial charge in [0.25, 0.3) is 0 Å². The second kappa shape index (κ2) is 34.9. The van der Waals surface area contributed by atoms with Crippen molar-refractivity contribution in [2.24, 2.45) is 11.3 Å². The monoisotopic (exact) mass is 971 g/mol. The van der Waals surface area contributed by atoms with Crippen molar-refractivity contribution in [3.8, 4) is 5.75 Å². The van der Waals surface area contributed by atoms with E-state index in [1.54, 1.807) is 0 Å². The average molecular weight is 971 g/mol. The third-order valence-corrected chi connectivity index (χ3v) is 19.2. The van der Waals surface area contributed by atoms with Gasteiger partial charge < -0.3 is 56.1 Å². The molecule has 0 heterocycles. The number of amides is 2. The summed E-state index contributed by atoms with van der Waals surface area (Å²) in [7, 11) is -6.53. The van der Waals surface area contributed by atoms with Gasteiger partial charge in [0.1, 0.15) is 30.3 Å². The fourth-order valence-corrected chi connectivity index (χ4v) is 14.5. The maximum atomic E-state index is 13.4. The molecule has 66 heavy (non-hydrogen) atoms. The normalized spacial score (nSPS) is 17.4. The molecule has 0 radical (unpaired) electrons. The minimum Gasteiger partial charge on any atom is -0.494 e. The van der Waals surface area contributed by atoms with Gasteiger partial charge in [-0.1, -0.05) is 91.2 Å². The van der Waals surface area contributed by atoms with Crippen LogP contribution in [0.1, 0.15) is 183 Å². The number of hydrogen-bond donors (Lipinski definition) is 2. The van der Waals surface area contributed by atoms with Crippen LogP contribution in [0.25, 0.3) is 0 Å². The highest BCUT2D eigenvalue weighted by Crippen LogP contribution is 2.38. The molecule has 2 rings (SSSR count). The quantitative estimate of drug-likeness (QED) is 0.0477. The van der Waals surface area contributed by atoms with Crippen molar-refractivity contribution >= 4 is 29.8 Å². The van der Waals surface area contributed by atoms with Crippen molar-refractivity contribution in [3.05, 3.63) is 29.8 Å². The van der Waals surface area contributed by atoms with Crippen molar-refractivity contribution in [1.82, 2.24) is 10.6 Å². The summed E-state index contributed by atoms with van der Waals surface area (Å²) in [4.78, 5) is 26.7. The molecule has 2 N–H and O–H groups in total. The molecule has 0 aliphatic heterocycles. The molecule has 1 fully saturated rings. The van der Waals surface area contributed by atoms with Gasteiger partial charge in [-0.25, -0.2) is 9.59 Å². The highest BCUT2D eigenvalue weighted by molar-refractivity contribution is 6.63. The zero-order valence-electron chi connectivity index (χ0n) is 43.1. The predicted octanol–water partition coefficient (Wildman–Crippen LogP) is 11.5. The molecule has 2 unspecified atom stereocenters. The molecular weight excluding hydrogens is 877 g/mol. The molecule has 14 nitrogen and oxygen atoms in total. The molecule has 1 aliphatic rings. The molecule has 0 saturated heterocycles. The Morgan fingerprint density at radius 1 is 0.576 bits per heavy atom. The molecule has 2 amide bonds. The number of unbranched alkanes of at least 4 members (excludes halogenated alkanes) is 7. The van der Waals surface area contributed by atoms with Crippen LogP contribution in [0, 0.1) is 11.3 Å². The Bertz CT molecular complexity index is 1300. The predicted molar refractivity (Wildman–Crippen MR) is 266 cm³/mol. The highest BCUT2D eigenvalue weighted by atomic mass is 28.4. The van der Waals surface area contributed by atoms with Crippen LogP contribution in [0.4, 0.5) is 9.59 Å². The van der Waals surface area contributed by atoms with Crippen molar-refractivity contribution < 1.29 is 55.1 Å². The van der Waals surface area contributed by atoms with Crippen LogP contribution in [-0.4, -0.2) is 114 Å². The highest BCUT2D eigenvalue weighted by Gasteiger charge is 2.51. The van der Waals surface area contributed by atoms with E-state index in [1.165, 1.54) is 56.9 Å². The van der Waals surface area contributed by atoms with Gasteiger partial charge in [-0.05, 0) is 122 Å². The molecule has 1 aromatic rings. The lowest BCUT2D eigenvalue weighted by Gasteiger charge is -2.35. The topological polar surface area (TPSA) is 150 Å². The third-order valence-electron chi connectivity index (χ3n) is 12.2. The Morgan fingerprint density at radius 2 is 1.02 bits per heavy atom. The lowest BCUT2D eigenvalue weighted by molar-refractivity contribution is -0.0280. The van der Waals surface area contributed by atoms with Crippen LogP contribution >= 0.6 is 0 Å². The Hall–Kier alpha value is -2.29. The van der Waals surface area contributed by atoms with Crippen molar-refractivity contribution in [2.75, 3.05) is 72.7 Å². The Labute approximate surface area is 403 Å². The summed E-state index contributed by atoms with van der Waals surface area (Å²) in [5.74, 6) is 2.59. The van der Waals surface area contributed by atoms with Gasteiger partial charge in [0.15, 0.2) is 0 Å². The fourth-order valence-electron chi connectivity index (χ4n) is 8.74. The first-order chi connectivity index (χ1) is 32.0. The van der Waals surface area contributed by atoms with Gasteiger partial charge in [-0.3, -0.25) is 0 Å². The van der Waals surface area contributed by atoms with Gasteiger partial charge in [0, 0.05) is 46.2 Å². The number of ether oxygens (including phenoxy) is 4. The summed E-state index contributed by atoms with van der Waals surface area (Å²) in [6, 6.07) is 8.87. The van der Waals surface area contributed by atoms with Crippen LogP contribution < -0.4 is 15.4 Å². The molecule has 384 valence electrons. The van der Waals surface area contributed by atoms with E-state index in [1.807, 2.05) is 62.3 Å². The average Bonchev–Trinajstić information content (AvgIpc) is 3.31. The van der Waals surface area contributed by atoms with E-state index in [2.05, 4.69) is 41.8 Å². The molecule has 0 aromatic heterocycles. The summed E-state index contributed by atoms with van der Waals surface area (Å²) >= 11 is 0. The van der Waals surface area contributed by atoms with E-state index in [9.17, 15) is 9.59 Å². The number of benzene rings is 1. The summed E-state index contributed by atoms with van der Waals surface area (Å²) in [5, 5.41) is 5.88. The summed E-state index contributed by atoms with van der Waals surface area (Å²) in [6.45, 7) is 22.8. The number of nitrogens with one attached hydrogen (secondary N) is 2. The standard InChI is InChI=1S/C50H94N2O12Si2/c1-11-20-25-28-42-29-31-43(32-30-42)44-33-35-45(36-34-44)56-38-27-24-22-21-23-26-37-55-39-50(10,40-57-48(53)51-46(12-2)65(59-14-4,60-15-5)61-16-6)41-58-49(54)52-47(13-3)66(62-17-7,63-18-8)64-19-9/h33-36,42-43,46-47H,11-32,37-41H2,1-10H3,(H,51,53)(H,52,54). The Morgan fingerprint density at radius 3 is 1.44 bits per heavy atom. The second-order valence-corrected chi connectivity index (χ2v) is 23.3. The molecule has 2 atom stereocenters. The molecule has 0 bridgehead atoms. The first kappa shape index (κ1) is 59.8. The van der Waals surface area contributed by atoms with E-state index in [4.69, 9.17) is 45.5 Å². The SMILES string of the molecule is CCCCCC1CCC(c2ccc(OCCCCCCCCOCC(C)(COC(=O)NC(CC)[Si](OCC)(OCC)OCC)COC(=O)NC(CC)[Si](OCC)(OCC)OCC)cc2)CC1.